The highest BCUT2D eigenvalue weighted by atomic mass is 16.7. The predicted molar refractivity (Wildman–Crippen MR) is 72.5 cm³/mol. The smallest absolute Gasteiger partial charge is 0.306 e. The quantitative estimate of drug-likeness (QED) is 0.589. The second kappa shape index (κ2) is 6.75. The number of hydrogen-bond donors (Lipinski definition) is 0. The topological polar surface area (TPSA) is 61.8 Å². The molecule has 1 aliphatic heterocycles. The lowest BCUT2D eigenvalue weighted by atomic mass is 10.1. The number of carbonyl (C=O) groups excluding carboxylic acids is 2. The fourth-order valence-corrected chi connectivity index (χ4v) is 1.75. The first-order chi connectivity index (χ1) is 9.69. The van der Waals surface area contributed by atoms with E-state index in [1.54, 1.807) is 25.1 Å². The van der Waals surface area contributed by atoms with Gasteiger partial charge in [-0.05, 0) is 30.7 Å². The van der Waals surface area contributed by atoms with E-state index >= 15 is 0 Å². The first kappa shape index (κ1) is 14.1. The number of esters is 1. The van der Waals surface area contributed by atoms with Gasteiger partial charge >= 0.3 is 5.97 Å². The minimum absolute atomic E-state index is 0.109. The van der Waals surface area contributed by atoms with E-state index in [0.29, 0.717) is 18.1 Å². The molecule has 0 N–H and O–H groups in total. The summed E-state index contributed by atoms with van der Waals surface area (Å²) in [5.41, 5.74) is 0.846. The SMILES string of the molecule is CCOC(=O)CCC(=O)C=Cc1ccc2c(c1)OCO2. The van der Waals surface area contributed by atoms with Crippen LogP contribution in [0.3, 0.4) is 0 Å². The van der Waals surface area contributed by atoms with Crippen molar-refractivity contribution in [3.63, 3.8) is 0 Å². The summed E-state index contributed by atoms with van der Waals surface area (Å²) in [7, 11) is 0. The molecule has 0 saturated carbocycles. The Labute approximate surface area is 117 Å². The molecule has 5 heteroatoms. The number of rotatable bonds is 6. The number of benzene rings is 1. The molecule has 0 atom stereocenters. The molecule has 1 aromatic carbocycles. The van der Waals surface area contributed by atoms with E-state index in [0.717, 1.165) is 5.56 Å². The maximum Gasteiger partial charge on any atom is 0.306 e. The monoisotopic (exact) mass is 276 g/mol. The molecule has 0 fully saturated rings. The number of allylic oxidation sites excluding steroid dienone is 1. The fourth-order valence-electron chi connectivity index (χ4n) is 1.75. The molecule has 2 rings (SSSR count). The van der Waals surface area contributed by atoms with Crippen LogP contribution in [0.15, 0.2) is 24.3 Å². The van der Waals surface area contributed by atoms with E-state index in [1.165, 1.54) is 6.08 Å². The van der Waals surface area contributed by atoms with Gasteiger partial charge in [-0.2, -0.15) is 0 Å². The van der Waals surface area contributed by atoms with E-state index in [2.05, 4.69) is 0 Å². The number of ketones is 1. The van der Waals surface area contributed by atoms with Crippen LogP contribution in [0.2, 0.25) is 0 Å². The Morgan fingerprint density at radius 3 is 2.85 bits per heavy atom. The molecule has 0 aromatic heterocycles. The third-order valence-electron chi connectivity index (χ3n) is 2.74. The van der Waals surface area contributed by atoms with Crippen molar-refractivity contribution >= 4 is 17.8 Å². The van der Waals surface area contributed by atoms with Crippen LogP contribution in [-0.4, -0.2) is 25.2 Å². The third-order valence-corrected chi connectivity index (χ3v) is 2.74. The van der Waals surface area contributed by atoms with Crippen LogP contribution in [0.4, 0.5) is 0 Å². The van der Waals surface area contributed by atoms with Gasteiger partial charge in [0.1, 0.15) is 0 Å². The zero-order valence-corrected chi connectivity index (χ0v) is 11.3. The summed E-state index contributed by atoms with van der Waals surface area (Å²) in [6, 6.07) is 5.44. The van der Waals surface area contributed by atoms with Crippen LogP contribution in [0.5, 0.6) is 11.5 Å². The molecule has 20 heavy (non-hydrogen) atoms. The van der Waals surface area contributed by atoms with Crippen LogP contribution in [0.25, 0.3) is 6.08 Å². The van der Waals surface area contributed by atoms with Crippen molar-refractivity contribution in [3.05, 3.63) is 29.8 Å². The molecule has 0 spiro atoms. The lowest BCUT2D eigenvalue weighted by molar-refractivity contribution is -0.144. The molecular formula is C15H16O5. The summed E-state index contributed by atoms with van der Waals surface area (Å²) in [5.74, 6) is 0.912. The number of hydrogen-bond acceptors (Lipinski definition) is 5. The molecule has 1 aliphatic rings. The Hall–Kier alpha value is -2.30. The van der Waals surface area contributed by atoms with Crippen molar-refractivity contribution in [2.24, 2.45) is 0 Å². The van der Waals surface area contributed by atoms with Crippen molar-refractivity contribution in [1.82, 2.24) is 0 Å². The molecule has 0 amide bonds. The Morgan fingerprint density at radius 1 is 1.25 bits per heavy atom. The molecule has 1 aromatic rings. The van der Waals surface area contributed by atoms with E-state index in [-0.39, 0.29) is 31.4 Å². The van der Waals surface area contributed by atoms with Gasteiger partial charge in [0.25, 0.3) is 0 Å². The Kier molecular flexibility index (Phi) is 4.76. The van der Waals surface area contributed by atoms with Gasteiger partial charge in [-0.25, -0.2) is 0 Å². The zero-order chi connectivity index (χ0) is 14.4. The second-order valence-electron chi connectivity index (χ2n) is 4.22. The summed E-state index contributed by atoms with van der Waals surface area (Å²) in [5, 5.41) is 0. The summed E-state index contributed by atoms with van der Waals surface area (Å²) < 4.78 is 15.2. The average Bonchev–Trinajstić information content (AvgIpc) is 2.90. The molecule has 0 bridgehead atoms. The van der Waals surface area contributed by atoms with Crippen LogP contribution in [0, 0.1) is 0 Å². The highest BCUT2D eigenvalue weighted by molar-refractivity contribution is 5.95. The van der Waals surface area contributed by atoms with Crippen LogP contribution >= 0.6 is 0 Å². The normalized spacial score (nSPS) is 12.7. The van der Waals surface area contributed by atoms with Crippen LogP contribution in [-0.2, 0) is 14.3 Å². The lowest BCUT2D eigenvalue weighted by Crippen LogP contribution is -2.06. The average molecular weight is 276 g/mol. The zero-order valence-electron chi connectivity index (χ0n) is 11.3. The molecule has 1 heterocycles. The molecule has 0 radical (unpaired) electrons. The van der Waals surface area contributed by atoms with Gasteiger partial charge in [-0.15, -0.1) is 0 Å². The van der Waals surface area contributed by atoms with Crippen molar-refractivity contribution in [2.75, 3.05) is 13.4 Å². The number of fused-ring (bicyclic) bond motifs is 1. The minimum atomic E-state index is -0.350. The maximum absolute atomic E-state index is 11.6. The van der Waals surface area contributed by atoms with Crippen molar-refractivity contribution in [2.45, 2.75) is 19.8 Å². The first-order valence-corrected chi connectivity index (χ1v) is 6.45. The van der Waals surface area contributed by atoms with Crippen LogP contribution in [0.1, 0.15) is 25.3 Å². The van der Waals surface area contributed by atoms with E-state index in [1.807, 2.05) is 6.07 Å². The Morgan fingerprint density at radius 2 is 2.05 bits per heavy atom. The summed E-state index contributed by atoms with van der Waals surface area (Å²) in [6.45, 7) is 2.29. The van der Waals surface area contributed by atoms with Crippen LogP contribution < -0.4 is 9.47 Å². The van der Waals surface area contributed by atoms with Gasteiger partial charge < -0.3 is 14.2 Å². The Balaban J connectivity index is 1.86. The van der Waals surface area contributed by atoms with E-state index in [9.17, 15) is 9.59 Å². The predicted octanol–water partition coefficient (Wildman–Crippen LogP) is 2.34. The fraction of sp³-hybridized carbons (Fsp3) is 0.333. The van der Waals surface area contributed by atoms with E-state index in [4.69, 9.17) is 14.2 Å². The third kappa shape index (κ3) is 3.85. The second-order valence-corrected chi connectivity index (χ2v) is 4.22. The van der Waals surface area contributed by atoms with E-state index < -0.39 is 0 Å². The minimum Gasteiger partial charge on any atom is -0.466 e. The largest absolute Gasteiger partial charge is 0.466 e. The molecule has 106 valence electrons. The Bertz CT molecular complexity index is 533. The summed E-state index contributed by atoms with van der Waals surface area (Å²) in [4.78, 5) is 22.7. The summed E-state index contributed by atoms with van der Waals surface area (Å²) >= 11 is 0. The van der Waals surface area contributed by atoms with Crippen molar-refractivity contribution in [3.8, 4) is 11.5 Å². The standard InChI is InChI=1S/C15H16O5/c1-2-18-15(17)8-6-12(16)5-3-11-4-7-13-14(9-11)20-10-19-13/h3-5,7,9H,2,6,8,10H2,1H3. The van der Waals surface area contributed by atoms with Gasteiger partial charge in [-0.1, -0.05) is 12.1 Å². The van der Waals surface area contributed by atoms with Gasteiger partial charge in [0.2, 0.25) is 6.79 Å². The van der Waals surface area contributed by atoms with Crippen molar-refractivity contribution < 1.29 is 23.8 Å². The van der Waals surface area contributed by atoms with Gasteiger partial charge in [0.05, 0.1) is 13.0 Å². The number of carbonyl (C=O) groups is 2. The maximum atomic E-state index is 11.6. The molecule has 0 saturated heterocycles. The van der Waals surface area contributed by atoms with Gasteiger partial charge in [0.15, 0.2) is 17.3 Å². The molecule has 0 aliphatic carbocycles. The highest BCUT2D eigenvalue weighted by Gasteiger charge is 2.12. The summed E-state index contributed by atoms with van der Waals surface area (Å²) in [6.07, 6.45) is 3.41. The molecule has 0 unspecified atom stereocenters. The number of ether oxygens (including phenoxy) is 3. The lowest BCUT2D eigenvalue weighted by Gasteiger charge is -1.99. The highest BCUT2D eigenvalue weighted by Crippen LogP contribution is 2.32. The molecular weight excluding hydrogens is 260 g/mol. The van der Waals surface area contributed by atoms with Gasteiger partial charge in [-0.3, -0.25) is 9.59 Å². The van der Waals surface area contributed by atoms with Gasteiger partial charge in [0, 0.05) is 6.42 Å². The molecule has 5 nitrogen and oxygen atoms in total. The van der Waals surface area contributed by atoms with Crippen molar-refractivity contribution in [1.29, 1.82) is 0 Å². The first-order valence-electron chi connectivity index (χ1n) is 6.45.